The Morgan fingerprint density at radius 1 is 1.03 bits per heavy atom. The Labute approximate surface area is 184 Å². The molecule has 0 aliphatic heterocycles. The molecule has 0 radical (unpaired) electrons. The molecule has 0 saturated heterocycles. The van der Waals surface area contributed by atoms with Crippen molar-refractivity contribution in [3.8, 4) is 5.75 Å². The summed E-state index contributed by atoms with van der Waals surface area (Å²) < 4.78 is 5.83. The van der Waals surface area contributed by atoms with Crippen LogP contribution in [0, 0.1) is 0 Å². The number of amides is 1. The van der Waals surface area contributed by atoms with Gasteiger partial charge in [0.25, 0.3) is 5.91 Å². The van der Waals surface area contributed by atoms with Crippen molar-refractivity contribution < 1.29 is 9.53 Å². The second-order valence-corrected chi connectivity index (χ2v) is 7.27. The van der Waals surface area contributed by atoms with E-state index in [-0.39, 0.29) is 11.9 Å². The zero-order chi connectivity index (χ0) is 21.7. The molecule has 3 rings (SSSR count). The molecule has 0 spiro atoms. The molecule has 6 nitrogen and oxygen atoms in total. The number of nitrogens with zero attached hydrogens (tertiary/aromatic N) is 2. The minimum Gasteiger partial charge on any atom is -0.494 e. The Morgan fingerprint density at radius 3 is 2.55 bits per heavy atom. The van der Waals surface area contributed by atoms with Crippen LogP contribution in [0.2, 0.25) is 0 Å². The van der Waals surface area contributed by atoms with Gasteiger partial charge in [0.05, 0.1) is 6.61 Å². The quantitative estimate of drug-likeness (QED) is 0.436. The third-order valence-corrected chi connectivity index (χ3v) is 4.99. The average Bonchev–Trinajstić information content (AvgIpc) is 2.82. The molecule has 0 fully saturated rings. The van der Waals surface area contributed by atoms with Crippen molar-refractivity contribution in [1.29, 1.82) is 0 Å². The molecule has 2 heterocycles. The lowest BCUT2D eigenvalue weighted by molar-refractivity contribution is 0.0956. The van der Waals surface area contributed by atoms with Crippen LogP contribution in [-0.2, 0) is 6.42 Å². The van der Waals surface area contributed by atoms with E-state index in [1.807, 2.05) is 43.7 Å². The van der Waals surface area contributed by atoms with Gasteiger partial charge in [-0.05, 0) is 86.3 Å². The summed E-state index contributed by atoms with van der Waals surface area (Å²) in [7, 11) is 0. The monoisotopic (exact) mass is 418 g/mol. The lowest BCUT2D eigenvalue weighted by Crippen LogP contribution is -2.24. The predicted molar refractivity (Wildman–Crippen MR) is 122 cm³/mol. The van der Waals surface area contributed by atoms with Gasteiger partial charge >= 0.3 is 0 Å². The molecular weight excluding hydrogens is 388 g/mol. The zero-order valence-electron chi connectivity index (χ0n) is 18.0. The van der Waals surface area contributed by atoms with E-state index in [2.05, 4.69) is 38.8 Å². The second-order valence-electron chi connectivity index (χ2n) is 7.27. The summed E-state index contributed by atoms with van der Waals surface area (Å²) in [5.74, 6) is 0.710. The molecule has 0 aliphatic carbocycles. The van der Waals surface area contributed by atoms with E-state index in [0.29, 0.717) is 18.7 Å². The molecule has 2 N–H and O–H groups in total. The number of nitrogens with one attached hydrogen (secondary N) is 2. The van der Waals surface area contributed by atoms with Crippen molar-refractivity contribution in [3.63, 3.8) is 0 Å². The SMILES string of the molecule is CCNC(=O)c1ccc(OCCCNC(CCc2cccnc2)c2ccncc2)cc1. The standard InChI is InChI=1S/C25H30N4O2/c1-2-28-25(30)22-7-9-23(10-8-22)31-18-4-15-29-24(21-12-16-26-17-13-21)11-6-20-5-3-14-27-19-20/h3,5,7-10,12-14,16-17,19,24,29H,2,4,6,11,15,18H2,1H3,(H,28,30). The summed E-state index contributed by atoms with van der Waals surface area (Å²) in [5.41, 5.74) is 3.12. The molecule has 0 saturated carbocycles. The van der Waals surface area contributed by atoms with Gasteiger partial charge in [0, 0.05) is 42.9 Å². The number of benzene rings is 1. The van der Waals surface area contributed by atoms with Crippen molar-refractivity contribution in [2.75, 3.05) is 19.7 Å². The lowest BCUT2D eigenvalue weighted by atomic mass is 10.0. The van der Waals surface area contributed by atoms with Gasteiger partial charge in [-0.2, -0.15) is 0 Å². The van der Waals surface area contributed by atoms with Crippen LogP contribution in [0.25, 0.3) is 0 Å². The third-order valence-electron chi connectivity index (χ3n) is 4.99. The molecule has 0 bridgehead atoms. The van der Waals surface area contributed by atoms with Gasteiger partial charge < -0.3 is 15.4 Å². The van der Waals surface area contributed by atoms with Crippen molar-refractivity contribution in [3.05, 3.63) is 90.0 Å². The second kappa shape index (κ2) is 12.4. The van der Waals surface area contributed by atoms with Crippen LogP contribution >= 0.6 is 0 Å². The number of aromatic nitrogens is 2. The van der Waals surface area contributed by atoms with Crippen LogP contribution in [0.3, 0.4) is 0 Å². The van der Waals surface area contributed by atoms with Gasteiger partial charge in [0.15, 0.2) is 0 Å². The highest BCUT2D eigenvalue weighted by Gasteiger charge is 2.11. The Bertz CT molecular complexity index is 902. The maximum atomic E-state index is 11.8. The van der Waals surface area contributed by atoms with Crippen LogP contribution in [0.1, 0.15) is 47.3 Å². The number of hydrogen-bond acceptors (Lipinski definition) is 5. The van der Waals surface area contributed by atoms with Gasteiger partial charge in [0.1, 0.15) is 5.75 Å². The Balaban J connectivity index is 1.44. The van der Waals surface area contributed by atoms with Crippen LogP contribution in [0.5, 0.6) is 5.75 Å². The molecule has 1 aromatic carbocycles. The number of aryl methyl sites for hydroxylation is 1. The normalized spacial score (nSPS) is 11.6. The molecule has 3 aromatic rings. The first-order valence-corrected chi connectivity index (χ1v) is 10.8. The van der Waals surface area contributed by atoms with E-state index < -0.39 is 0 Å². The van der Waals surface area contributed by atoms with Gasteiger partial charge in [0.2, 0.25) is 0 Å². The summed E-state index contributed by atoms with van der Waals surface area (Å²) in [6, 6.07) is 15.7. The van der Waals surface area contributed by atoms with E-state index in [4.69, 9.17) is 4.74 Å². The molecular formula is C25H30N4O2. The van der Waals surface area contributed by atoms with Crippen molar-refractivity contribution >= 4 is 5.91 Å². The molecule has 1 atom stereocenters. The summed E-state index contributed by atoms with van der Waals surface area (Å²) in [5, 5.41) is 6.44. The number of rotatable bonds is 12. The summed E-state index contributed by atoms with van der Waals surface area (Å²) in [6.45, 7) is 3.98. The minimum atomic E-state index is -0.0633. The average molecular weight is 419 g/mol. The molecule has 31 heavy (non-hydrogen) atoms. The molecule has 162 valence electrons. The van der Waals surface area contributed by atoms with Crippen molar-refractivity contribution in [2.24, 2.45) is 0 Å². The fourth-order valence-corrected chi connectivity index (χ4v) is 3.34. The molecule has 2 aromatic heterocycles. The van der Waals surface area contributed by atoms with Crippen LogP contribution in [-0.4, -0.2) is 35.6 Å². The van der Waals surface area contributed by atoms with E-state index in [1.165, 1.54) is 11.1 Å². The fraction of sp³-hybridized carbons (Fsp3) is 0.320. The Hall–Kier alpha value is -3.25. The van der Waals surface area contributed by atoms with Gasteiger partial charge in [-0.1, -0.05) is 6.07 Å². The number of pyridine rings is 2. The van der Waals surface area contributed by atoms with Crippen molar-refractivity contribution in [1.82, 2.24) is 20.6 Å². The first-order chi connectivity index (χ1) is 15.3. The van der Waals surface area contributed by atoms with Crippen LogP contribution in [0.15, 0.2) is 73.3 Å². The first kappa shape index (κ1) is 22.4. The largest absolute Gasteiger partial charge is 0.494 e. The highest BCUT2D eigenvalue weighted by molar-refractivity contribution is 5.94. The summed E-state index contributed by atoms with van der Waals surface area (Å²) in [4.78, 5) is 20.2. The highest BCUT2D eigenvalue weighted by atomic mass is 16.5. The van der Waals surface area contributed by atoms with Crippen LogP contribution in [0.4, 0.5) is 0 Å². The van der Waals surface area contributed by atoms with Gasteiger partial charge in [-0.25, -0.2) is 0 Å². The maximum Gasteiger partial charge on any atom is 0.251 e. The summed E-state index contributed by atoms with van der Waals surface area (Å²) >= 11 is 0. The number of carbonyl (C=O) groups excluding carboxylic acids is 1. The smallest absolute Gasteiger partial charge is 0.251 e. The summed E-state index contributed by atoms with van der Waals surface area (Å²) in [6.07, 6.45) is 10.2. The molecule has 1 unspecified atom stereocenters. The zero-order valence-corrected chi connectivity index (χ0v) is 18.0. The first-order valence-electron chi connectivity index (χ1n) is 10.8. The van der Waals surface area contributed by atoms with Crippen molar-refractivity contribution in [2.45, 2.75) is 32.2 Å². The predicted octanol–water partition coefficient (Wildman–Crippen LogP) is 3.96. The van der Waals surface area contributed by atoms with E-state index in [0.717, 1.165) is 31.6 Å². The molecule has 1 amide bonds. The van der Waals surface area contributed by atoms with Gasteiger partial charge in [-0.3, -0.25) is 14.8 Å². The van der Waals surface area contributed by atoms with Crippen LogP contribution < -0.4 is 15.4 Å². The molecule has 6 heteroatoms. The topological polar surface area (TPSA) is 76.1 Å². The minimum absolute atomic E-state index is 0.0633. The van der Waals surface area contributed by atoms with E-state index in [1.54, 1.807) is 18.3 Å². The van der Waals surface area contributed by atoms with E-state index >= 15 is 0 Å². The van der Waals surface area contributed by atoms with E-state index in [9.17, 15) is 4.79 Å². The Kier molecular flexibility index (Phi) is 9.01. The number of hydrogen-bond donors (Lipinski definition) is 2. The number of carbonyl (C=O) groups is 1. The lowest BCUT2D eigenvalue weighted by Gasteiger charge is -2.19. The number of ether oxygens (including phenoxy) is 1. The third kappa shape index (κ3) is 7.50. The highest BCUT2D eigenvalue weighted by Crippen LogP contribution is 2.19. The fourth-order valence-electron chi connectivity index (χ4n) is 3.34. The van der Waals surface area contributed by atoms with Gasteiger partial charge in [-0.15, -0.1) is 0 Å². The Morgan fingerprint density at radius 2 is 1.84 bits per heavy atom. The molecule has 0 aliphatic rings. The maximum absolute atomic E-state index is 11.8.